The molecule has 0 aliphatic rings. The Hall–Kier alpha value is -2.90. The highest BCUT2D eigenvalue weighted by Gasteiger charge is 2.17. The molecule has 3 aromatic rings. The molecule has 0 fully saturated rings. The van der Waals surface area contributed by atoms with Crippen LogP contribution < -0.4 is 5.32 Å². The molecule has 0 aromatic carbocycles. The number of rotatable bonds is 4. The molecule has 0 aliphatic heterocycles. The van der Waals surface area contributed by atoms with Gasteiger partial charge in [-0.3, -0.25) is 14.8 Å². The Morgan fingerprint density at radius 3 is 2.77 bits per heavy atom. The number of nitrogens with one attached hydrogen (secondary N) is 1. The molecule has 0 atom stereocenters. The number of anilines is 1. The normalized spacial score (nSPS) is 10.9. The van der Waals surface area contributed by atoms with Crippen LogP contribution in [0.4, 0.5) is 6.01 Å². The van der Waals surface area contributed by atoms with Gasteiger partial charge in [-0.2, -0.15) is 5.10 Å². The number of nitrogens with zero attached hydrogens (tertiary/aromatic N) is 4. The van der Waals surface area contributed by atoms with Gasteiger partial charge in [0.2, 0.25) is 0 Å². The van der Waals surface area contributed by atoms with Gasteiger partial charge in [0.1, 0.15) is 11.5 Å². The van der Waals surface area contributed by atoms with Crippen LogP contribution >= 0.6 is 0 Å². The van der Waals surface area contributed by atoms with Gasteiger partial charge in [0, 0.05) is 12.7 Å². The molecule has 0 bridgehead atoms. The van der Waals surface area contributed by atoms with E-state index in [0.717, 1.165) is 5.76 Å². The molecule has 0 saturated carbocycles. The minimum atomic E-state index is -0.400. The summed E-state index contributed by atoms with van der Waals surface area (Å²) in [5.74, 6) is 1.33. The topological polar surface area (TPSA) is 99.0 Å². The van der Waals surface area contributed by atoms with E-state index in [1.165, 1.54) is 0 Å². The van der Waals surface area contributed by atoms with Crippen molar-refractivity contribution in [2.45, 2.75) is 27.3 Å². The zero-order chi connectivity index (χ0) is 15.7. The van der Waals surface area contributed by atoms with E-state index in [9.17, 15) is 4.79 Å². The standard InChI is InChI=1S/C14H15N5O3/c1-4-19-6-5-11(18-19)12(20)15-14-17-16-13(22-14)10-7-8(2)21-9(10)3/h5-7H,4H2,1-3H3,(H,15,17,20). The quantitative estimate of drug-likeness (QED) is 0.794. The Labute approximate surface area is 126 Å². The number of carbonyl (C=O) groups is 1. The van der Waals surface area contributed by atoms with E-state index in [1.807, 2.05) is 20.8 Å². The van der Waals surface area contributed by atoms with Crippen LogP contribution in [-0.2, 0) is 6.54 Å². The van der Waals surface area contributed by atoms with Crippen LogP contribution in [0.1, 0.15) is 28.9 Å². The summed E-state index contributed by atoms with van der Waals surface area (Å²) in [6, 6.07) is 3.45. The second-order valence-electron chi connectivity index (χ2n) is 4.75. The molecule has 3 aromatic heterocycles. The summed E-state index contributed by atoms with van der Waals surface area (Å²) in [5, 5.41) is 14.4. The molecule has 3 heterocycles. The lowest BCUT2D eigenvalue weighted by molar-refractivity contribution is 0.101. The van der Waals surface area contributed by atoms with E-state index in [2.05, 4.69) is 20.6 Å². The Balaban J connectivity index is 1.76. The van der Waals surface area contributed by atoms with Crippen LogP contribution in [0.25, 0.3) is 11.5 Å². The number of hydrogen-bond acceptors (Lipinski definition) is 6. The van der Waals surface area contributed by atoms with Crippen molar-refractivity contribution in [3.8, 4) is 11.5 Å². The maximum atomic E-state index is 12.0. The summed E-state index contributed by atoms with van der Waals surface area (Å²) in [4.78, 5) is 12.0. The summed E-state index contributed by atoms with van der Waals surface area (Å²) < 4.78 is 12.5. The maximum absolute atomic E-state index is 12.0. The number of furan rings is 1. The van der Waals surface area contributed by atoms with Crippen LogP contribution in [0.3, 0.4) is 0 Å². The van der Waals surface area contributed by atoms with Crippen LogP contribution in [-0.4, -0.2) is 25.9 Å². The molecular formula is C14H15N5O3. The van der Waals surface area contributed by atoms with Gasteiger partial charge in [-0.05, 0) is 32.9 Å². The SMILES string of the molecule is CCn1ccc(C(=O)Nc2nnc(-c3cc(C)oc3C)o2)n1. The minimum absolute atomic E-state index is 0.0179. The van der Waals surface area contributed by atoms with E-state index in [0.29, 0.717) is 23.8 Å². The fourth-order valence-corrected chi connectivity index (χ4v) is 2.05. The fraction of sp³-hybridized carbons (Fsp3) is 0.286. The molecule has 0 spiro atoms. The Morgan fingerprint density at radius 1 is 1.32 bits per heavy atom. The van der Waals surface area contributed by atoms with Crippen LogP contribution in [0.5, 0.6) is 0 Å². The average Bonchev–Trinajstić information content (AvgIpc) is 3.18. The minimum Gasteiger partial charge on any atom is -0.466 e. The van der Waals surface area contributed by atoms with E-state index in [-0.39, 0.29) is 11.7 Å². The first-order chi connectivity index (χ1) is 10.6. The molecular weight excluding hydrogens is 286 g/mol. The third kappa shape index (κ3) is 2.62. The molecule has 1 amide bonds. The van der Waals surface area contributed by atoms with Crippen molar-refractivity contribution in [1.29, 1.82) is 0 Å². The molecule has 0 aliphatic carbocycles. The fourth-order valence-electron chi connectivity index (χ4n) is 2.05. The van der Waals surface area contributed by atoms with Crippen LogP contribution in [0.2, 0.25) is 0 Å². The molecule has 8 nitrogen and oxygen atoms in total. The van der Waals surface area contributed by atoms with Crippen molar-refractivity contribution in [2.24, 2.45) is 0 Å². The van der Waals surface area contributed by atoms with Crippen molar-refractivity contribution in [1.82, 2.24) is 20.0 Å². The first kappa shape index (κ1) is 14.1. The van der Waals surface area contributed by atoms with Crippen molar-refractivity contribution < 1.29 is 13.6 Å². The van der Waals surface area contributed by atoms with Gasteiger partial charge in [-0.25, -0.2) is 0 Å². The van der Waals surface area contributed by atoms with Gasteiger partial charge in [-0.1, -0.05) is 5.10 Å². The Kier molecular flexibility index (Phi) is 3.50. The van der Waals surface area contributed by atoms with E-state index in [4.69, 9.17) is 8.83 Å². The van der Waals surface area contributed by atoms with Crippen molar-refractivity contribution in [3.63, 3.8) is 0 Å². The summed E-state index contributed by atoms with van der Waals surface area (Å²) >= 11 is 0. The summed E-state index contributed by atoms with van der Waals surface area (Å²) in [6.07, 6.45) is 1.73. The highest BCUT2D eigenvalue weighted by atomic mass is 16.4. The number of hydrogen-bond donors (Lipinski definition) is 1. The predicted octanol–water partition coefficient (Wildman–Crippen LogP) is 2.42. The van der Waals surface area contributed by atoms with Gasteiger partial charge in [0.15, 0.2) is 5.69 Å². The number of aromatic nitrogens is 4. The van der Waals surface area contributed by atoms with Crippen LogP contribution in [0, 0.1) is 13.8 Å². The highest BCUT2D eigenvalue weighted by Crippen LogP contribution is 2.26. The van der Waals surface area contributed by atoms with Gasteiger partial charge in [-0.15, -0.1) is 5.10 Å². The van der Waals surface area contributed by atoms with Gasteiger partial charge < -0.3 is 8.83 Å². The monoisotopic (exact) mass is 301 g/mol. The summed E-state index contributed by atoms with van der Waals surface area (Å²) in [5.41, 5.74) is 0.998. The molecule has 8 heteroatoms. The Morgan fingerprint density at radius 2 is 2.14 bits per heavy atom. The second-order valence-corrected chi connectivity index (χ2v) is 4.75. The zero-order valence-electron chi connectivity index (χ0n) is 12.5. The van der Waals surface area contributed by atoms with Gasteiger partial charge >= 0.3 is 6.01 Å². The lowest BCUT2D eigenvalue weighted by Gasteiger charge is -1.96. The molecule has 0 saturated heterocycles. The van der Waals surface area contributed by atoms with Crippen molar-refractivity contribution in [2.75, 3.05) is 5.32 Å². The smallest absolute Gasteiger partial charge is 0.322 e. The van der Waals surface area contributed by atoms with Crippen molar-refractivity contribution in [3.05, 3.63) is 35.5 Å². The van der Waals surface area contributed by atoms with Crippen molar-refractivity contribution >= 4 is 11.9 Å². The van der Waals surface area contributed by atoms with E-state index in [1.54, 1.807) is 23.0 Å². The predicted molar refractivity (Wildman–Crippen MR) is 77.3 cm³/mol. The lowest BCUT2D eigenvalue weighted by atomic mass is 10.2. The average molecular weight is 301 g/mol. The van der Waals surface area contributed by atoms with E-state index >= 15 is 0 Å². The molecule has 3 rings (SSSR count). The zero-order valence-corrected chi connectivity index (χ0v) is 12.5. The Bertz CT molecular complexity index is 814. The maximum Gasteiger partial charge on any atom is 0.322 e. The summed E-state index contributed by atoms with van der Waals surface area (Å²) in [7, 11) is 0. The molecule has 22 heavy (non-hydrogen) atoms. The van der Waals surface area contributed by atoms with E-state index < -0.39 is 5.91 Å². The largest absolute Gasteiger partial charge is 0.466 e. The summed E-state index contributed by atoms with van der Waals surface area (Å²) in [6.45, 7) is 6.27. The number of carbonyl (C=O) groups excluding carboxylic acids is 1. The number of aryl methyl sites for hydroxylation is 3. The number of amides is 1. The highest BCUT2D eigenvalue weighted by molar-refractivity contribution is 6.01. The molecule has 0 radical (unpaired) electrons. The first-order valence-corrected chi connectivity index (χ1v) is 6.82. The second kappa shape index (κ2) is 5.47. The first-order valence-electron chi connectivity index (χ1n) is 6.82. The van der Waals surface area contributed by atoms with Gasteiger partial charge in [0.05, 0.1) is 5.56 Å². The van der Waals surface area contributed by atoms with Gasteiger partial charge in [0.25, 0.3) is 11.8 Å². The molecule has 0 unspecified atom stereocenters. The molecule has 114 valence electrons. The lowest BCUT2D eigenvalue weighted by Crippen LogP contribution is -2.13. The third-order valence-corrected chi connectivity index (χ3v) is 3.11. The molecule has 1 N–H and O–H groups in total. The van der Waals surface area contributed by atoms with Crippen LogP contribution in [0.15, 0.2) is 27.2 Å². The third-order valence-electron chi connectivity index (χ3n) is 3.11.